The molecule has 2 aromatic carbocycles. The van der Waals surface area contributed by atoms with E-state index in [0.29, 0.717) is 5.56 Å². The molecular formula is C19H23NO2. The number of aryl methyl sites for hydroxylation is 2. The largest absolute Gasteiger partial charge is 0.497 e. The van der Waals surface area contributed by atoms with Crippen molar-refractivity contribution >= 4 is 5.91 Å². The summed E-state index contributed by atoms with van der Waals surface area (Å²) in [7, 11) is 1.61. The predicted octanol–water partition coefficient (Wildman–Crippen LogP) is 4.19. The molecule has 0 radical (unpaired) electrons. The summed E-state index contributed by atoms with van der Waals surface area (Å²) in [6.07, 6.45) is 0.853. The third-order valence-electron chi connectivity index (χ3n) is 3.87. The van der Waals surface area contributed by atoms with Crippen LogP contribution in [0.25, 0.3) is 0 Å². The standard InChI is InChI=1S/C19H23NO2/c1-5-18(17-11-6-13(2)12-14(17)3)20-19(21)15-7-9-16(22-4)10-8-15/h6-12,18H,5H2,1-4H3,(H,20,21)/t18-/m0/s1. The van der Waals surface area contributed by atoms with Crippen molar-refractivity contribution in [2.24, 2.45) is 0 Å². The van der Waals surface area contributed by atoms with E-state index in [9.17, 15) is 4.79 Å². The second-order valence-electron chi connectivity index (χ2n) is 5.52. The van der Waals surface area contributed by atoms with Crippen molar-refractivity contribution in [3.05, 3.63) is 64.7 Å². The van der Waals surface area contributed by atoms with Gasteiger partial charge in [0.05, 0.1) is 13.2 Å². The van der Waals surface area contributed by atoms with E-state index in [1.165, 1.54) is 16.7 Å². The molecule has 116 valence electrons. The van der Waals surface area contributed by atoms with Gasteiger partial charge in [-0.3, -0.25) is 4.79 Å². The highest BCUT2D eigenvalue weighted by atomic mass is 16.5. The summed E-state index contributed by atoms with van der Waals surface area (Å²) < 4.78 is 5.12. The van der Waals surface area contributed by atoms with E-state index >= 15 is 0 Å². The van der Waals surface area contributed by atoms with Gasteiger partial charge in [0.25, 0.3) is 5.91 Å². The van der Waals surface area contributed by atoms with Gasteiger partial charge in [0, 0.05) is 5.56 Å². The lowest BCUT2D eigenvalue weighted by molar-refractivity contribution is 0.0935. The fraction of sp³-hybridized carbons (Fsp3) is 0.316. The normalized spacial score (nSPS) is 11.8. The molecule has 0 saturated carbocycles. The van der Waals surface area contributed by atoms with E-state index in [1.807, 2.05) is 0 Å². The lowest BCUT2D eigenvalue weighted by Gasteiger charge is -2.20. The molecule has 0 aliphatic rings. The van der Waals surface area contributed by atoms with E-state index in [4.69, 9.17) is 4.74 Å². The van der Waals surface area contributed by atoms with Crippen LogP contribution >= 0.6 is 0 Å². The van der Waals surface area contributed by atoms with Crippen molar-refractivity contribution < 1.29 is 9.53 Å². The number of benzene rings is 2. The Morgan fingerprint density at radius 3 is 2.36 bits per heavy atom. The molecule has 22 heavy (non-hydrogen) atoms. The van der Waals surface area contributed by atoms with Gasteiger partial charge in [-0.15, -0.1) is 0 Å². The Kier molecular flexibility index (Phi) is 5.21. The predicted molar refractivity (Wildman–Crippen MR) is 89.4 cm³/mol. The molecule has 0 spiro atoms. The van der Waals surface area contributed by atoms with Crippen LogP contribution in [-0.4, -0.2) is 13.0 Å². The molecule has 0 heterocycles. The molecule has 3 heteroatoms. The Morgan fingerprint density at radius 1 is 1.14 bits per heavy atom. The third kappa shape index (κ3) is 3.67. The first kappa shape index (κ1) is 16.1. The molecule has 1 N–H and O–H groups in total. The number of ether oxygens (including phenoxy) is 1. The summed E-state index contributed by atoms with van der Waals surface area (Å²) in [6, 6.07) is 13.5. The Hall–Kier alpha value is -2.29. The van der Waals surface area contributed by atoms with E-state index in [-0.39, 0.29) is 11.9 Å². The summed E-state index contributed by atoms with van der Waals surface area (Å²) in [4.78, 5) is 12.4. The Labute approximate surface area is 132 Å². The molecule has 0 bridgehead atoms. The van der Waals surface area contributed by atoms with Gasteiger partial charge < -0.3 is 10.1 Å². The molecule has 0 saturated heterocycles. The lowest BCUT2D eigenvalue weighted by Crippen LogP contribution is -2.28. The minimum Gasteiger partial charge on any atom is -0.497 e. The van der Waals surface area contributed by atoms with Crippen LogP contribution in [0, 0.1) is 13.8 Å². The first-order chi connectivity index (χ1) is 10.5. The maximum absolute atomic E-state index is 12.4. The molecule has 0 fully saturated rings. The van der Waals surface area contributed by atoms with E-state index in [2.05, 4.69) is 44.3 Å². The molecule has 0 aromatic heterocycles. The van der Waals surface area contributed by atoms with Crippen LogP contribution in [0.2, 0.25) is 0 Å². The van der Waals surface area contributed by atoms with Crippen molar-refractivity contribution in [1.82, 2.24) is 5.32 Å². The Morgan fingerprint density at radius 2 is 1.82 bits per heavy atom. The smallest absolute Gasteiger partial charge is 0.251 e. The third-order valence-corrected chi connectivity index (χ3v) is 3.87. The molecule has 2 rings (SSSR count). The topological polar surface area (TPSA) is 38.3 Å². The van der Waals surface area contributed by atoms with Crippen molar-refractivity contribution in [1.29, 1.82) is 0 Å². The van der Waals surface area contributed by atoms with Gasteiger partial charge in [-0.1, -0.05) is 30.7 Å². The lowest BCUT2D eigenvalue weighted by atomic mass is 9.97. The van der Waals surface area contributed by atoms with Gasteiger partial charge in [-0.05, 0) is 55.7 Å². The summed E-state index contributed by atoms with van der Waals surface area (Å²) in [5.41, 5.74) is 4.26. The summed E-state index contributed by atoms with van der Waals surface area (Å²) in [5.74, 6) is 0.687. The van der Waals surface area contributed by atoms with Gasteiger partial charge in [0.1, 0.15) is 5.75 Å². The second-order valence-corrected chi connectivity index (χ2v) is 5.52. The van der Waals surface area contributed by atoms with Gasteiger partial charge in [0.15, 0.2) is 0 Å². The minimum absolute atomic E-state index is 0.0233. The highest BCUT2D eigenvalue weighted by Gasteiger charge is 2.16. The summed E-state index contributed by atoms with van der Waals surface area (Å²) in [5, 5.41) is 3.12. The SMILES string of the molecule is CC[C@H](NC(=O)c1ccc(OC)cc1)c1ccc(C)cc1C. The number of hydrogen-bond acceptors (Lipinski definition) is 2. The van der Waals surface area contributed by atoms with Gasteiger partial charge in [0.2, 0.25) is 0 Å². The molecule has 1 atom stereocenters. The maximum atomic E-state index is 12.4. The van der Waals surface area contributed by atoms with Crippen molar-refractivity contribution in [2.45, 2.75) is 33.2 Å². The zero-order chi connectivity index (χ0) is 16.1. The monoisotopic (exact) mass is 297 g/mol. The van der Waals surface area contributed by atoms with Crippen LogP contribution in [0.15, 0.2) is 42.5 Å². The van der Waals surface area contributed by atoms with Crippen molar-refractivity contribution in [2.75, 3.05) is 7.11 Å². The van der Waals surface area contributed by atoms with Gasteiger partial charge >= 0.3 is 0 Å². The molecule has 1 amide bonds. The van der Waals surface area contributed by atoms with E-state index < -0.39 is 0 Å². The number of methoxy groups -OCH3 is 1. The fourth-order valence-electron chi connectivity index (χ4n) is 2.60. The van der Waals surface area contributed by atoms with Gasteiger partial charge in [-0.25, -0.2) is 0 Å². The number of nitrogens with one attached hydrogen (secondary N) is 1. The fourth-order valence-corrected chi connectivity index (χ4v) is 2.60. The van der Waals surface area contributed by atoms with E-state index in [0.717, 1.165) is 12.2 Å². The number of carbonyl (C=O) groups is 1. The van der Waals surface area contributed by atoms with Crippen LogP contribution in [0.3, 0.4) is 0 Å². The average Bonchev–Trinajstić information content (AvgIpc) is 2.53. The Balaban J connectivity index is 2.16. The highest BCUT2D eigenvalue weighted by Crippen LogP contribution is 2.22. The van der Waals surface area contributed by atoms with Crippen LogP contribution < -0.4 is 10.1 Å². The second kappa shape index (κ2) is 7.12. The van der Waals surface area contributed by atoms with Gasteiger partial charge in [-0.2, -0.15) is 0 Å². The zero-order valence-corrected chi connectivity index (χ0v) is 13.6. The number of amides is 1. The average molecular weight is 297 g/mol. The van der Waals surface area contributed by atoms with E-state index in [1.54, 1.807) is 31.4 Å². The summed E-state index contributed by atoms with van der Waals surface area (Å²) in [6.45, 7) is 6.25. The highest BCUT2D eigenvalue weighted by molar-refractivity contribution is 5.94. The first-order valence-corrected chi connectivity index (χ1v) is 7.57. The Bertz CT molecular complexity index is 647. The quantitative estimate of drug-likeness (QED) is 0.898. The zero-order valence-electron chi connectivity index (χ0n) is 13.6. The van der Waals surface area contributed by atoms with Crippen LogP contribution in [0.4, 0.5) is 0 Å². The summed E-state index contributed by atoms with van der Waals surface area (Å²) >= 11 is 0. The molecule has 0 aliphatic carbocycles. The minimum atomic E-state index is -0.0607. The number of rotatable bonds is 5. The molecule has 0 aliphatic heterocycles. The van der Waals surface area contributed by atoms with Crippen LogP contribution in [0.1, 0.15) is 46.4 Å². The maximum Gasteiger partial charge on any atom is 0.251 e. The first-order valence-electron chi connectivity index (χ1n) is 7.57. The number of hydrogen-bond donors (Lipinski definition) is 1. The molecule has 0 unspecified atom stereocenters. The molecule has 2 aromatic rings. The van der Waals surface area contributed by atoms with Crippen molar-refractivity contribution in [3.8, 4) is 5.75 Å². The molecule has 3 nitrogen and oxygen atoms in total. The van der Waals surface area contributed by atoms with Crippen LogP contribution in [-0.2, 0) is 0 Å². The number of carbonyl (C=O) groups excluding carboxylic acids is 1. The van der Waals surface area contributed by atoms with Crippen LogP contribution in [0.5, 0.6) is 5.75 Å². The van der Waals surface area contributed by atoms with Crippen molar-refractivity contribution in [3.63, 3.8) is 0 Å². The molecular weight excluding hydrogens is 274 g/mol.